The standard InChI is InChI=1S/C10H12ClNO3/c11-10(15)7-1-3-8(4-2-7)12-5-9(14)6-13/h1-4,9,12-14H,5-6H2. The van der Waals surface area contributed by atoms with E-state index in [2.05, 4.69) is 5.32 Å². The van der Waals surface area contributed by atoms with Gasteiger partial charge >= 0.3 is 0 Å². The summed E-state index contributed by atoms with van der Waals surface area (Å²) in [6.45, 7) is -0.0318. The molecule has 1 aromatic carbocycles. The van der Waals surface area contributed by atoms with E-state index < -0.39 is 11.3 Å². The molecule has 0 aliphatic heterocycles. The Balaban J connectivity index is 2.53. The van der Waals surface area contributed by atoms with Crippen LogP contribution in [0.3, 0.4) is 0 Å². The summed E-state index contributed by atoms with van der Waals surface area (Å²) in [5, 5.41) is 20.0. The number of aliphatic hydroxyl groups is 2. The molecule has 0 bridgehead atoms. The van der Waals surface area contributed by atoms with Gasteiger partial charge in [-0.1, -0.05) is 0 Å². The Morgan fingerprint density at radius 3 is 2.47 bits per heavy atom. The molecule has 0 fully saturated rings. The number of hydrogen-bond donors (Lipinski definition) is 3. The third kappa shape index (κ3) is 3.87. The Labute approximate surface area is 92.5 Å². The molecule has 0 aromatic heterocycles. The van der Waals surface area contributed by atoms with Gasteiger partial charge in [0.25, 0.3) is 5.24 Å². The normalized spacial score (nSPS) is 12.2. The van der Waals surface area contributed by atoms with Gasteiger partial charge in [0.15, 0.2) is 0 Å². The first kappa shape index (κ1) is 12.0. The number of hydrogen-bond acceptors (Lipinski definition) is 4. The second-order valence-corrected chi connectivity index (χ2v) is 3.41. The summed E-state index contributed by atoms with van der Waals surface area (Å²) in [5.74, 6) is 0. The molecule has 15 heavy (non-hydrogen) atoms. The second-order valence-electron chi connectivity index (χ2n) is 3.07. The summed E-state index contributed by atoms with van der Waals surface area (Å²) in [7, 11) is 0. The van der Waals surface area contributed by atoms with E-state index in [1.54, 1.807) is 24.3 Å². The van der Waals surface area contributed by atoms with E-state index in [9.17, 15) is 4.79 Å². The summed E-state index contributed by atoms with van der Waals surface area (Å²) in [5.41, 5.74) is 1.18. The van der Waals surface area contributed by atoms with Crippen LogP contribution in [0.2, 0.25) is 0 Å². The Kier molecular flexibility index (Phi) is 4.55. The first-order valence-corrected chi connectivity index (χ1v) is 4.84. The van der Waals surface area contributed by atoms with Gasteiger partial charge in [-0.25, -0.2) is 0 Å². The van der Waals surface area contributed by atoms with E-state index in [0.717, 1.165) is 5.69 Å². The molecule has 0 heterocycles. The van der Waals surface area contributed by atoms with E-state index in [-0.39, 0.29) is 13.2 Å². The molecular formula is C10H12ClNO3. The van der Waals surface area contributed by atoms with Crippen LogP contribution in [0.25, 0.3) is 0 Å². The van der Waals surface area contributed by atoms with Crippen molar-refractivity contribution in [1.29, 1.82) is 0 Å². The van der Waals surface area contributed by atoms with Crippen molar-refractivity contribution in [1.82, 2.24) is 0 Å². The van der Waals surface area contributed by atoms with Crippen molar-refractivity contribution in [3.8, 4) is 0 Å². The van der Waals surface area contributed by atoms with Gasteiger partial charge in [-0.3, -0.25) is 4.79 Å². The molecule has 0 aliphatic carbocycles. The first-order valence-electron chi connectivity index (χ1n) is 4.46. The molecule has 3 N–H and O–H groups in total. The highest BCUT2D eigenvalue weighted by molar-refractivity contribution is 6.67. The molecule has 0 spiro atoms. The number of carbonyl (C=O) groups is 1. The van der Waals surface area contributed by atoms with E-state index >= 15 is 0 Å². The van der Waals surface area contributed by atoms with Crippen molar-refractivity contribution < 1.29 is 15.0 Å². The summed E-state index contributed by atoms with van der Waals surface area (Å²) in [6.07, 6.45) is -0.792. The molecule has 1 atom stereocenters. The highest BCUT2D eigenvalue weighted by Crippen LogP contribution is 2.11. The zero-order chi connectivity index (χ0) is 11.3. The number of rotatable bonds is 5. The molecule has 5 heteroatoms. The lowest BCUT2D eigenvalue weighted by molar-refractivity contribution is 0.105. The summed E-state index contributed by atoms with van der Waals surface area (Å²) >= 11 is 5.27. The number of aliphatic hydroxyl groups excluding tert-OH is 2. The van der Waals surface area contributed by atoms with Crippen molar-refractivity contribution in [2.45, 2.75) is 6.10 Å². The van der Waals surface area contributed by atoms with Gasteiger partial charge in [-0.05, 0) is 35.9 Å². The molecule has 0 aliphatic rings. The summed E-state index contributed by atoms with van der Waals surface area (Å²) < 4.78 is 0. The Bertz CT molecular complexity index is 326. The van der Waals surface area contributed by atoms with Gasteiger partial charge in [0.1, 0.15) is 0 Å². The van der Waals surface area contributed by atoms with Crippen molar-refractivity contribution in [2.24, 2.45) is 0 Å². The lowest BCUT2D eigenvalue weighted by atomic mass is 10.2. The second kappa shape index (κ2) is 5.70. The van der Waals surface area contributed by atoms with Crippen LogP contribution < -0.4 is 5.32 Å². The topological polar surface area (TPSA) is 69.6 Å². The maximum absolute atomic E-state index is 10.7. The summed E-state index contributed by atoms with van der Waals surface area (Å²) in [6, 6.07) is 6.53. The molecule has 1 unspecified atom stereocenters. The van der Waals surface area contributed by atoms with Gasteiger partial charge in [0.2, 0.25) is 0 Å². The van der Waals surface area contributed by atoms with Crippen LogP contribution in [0, 0.1) is 0 Å². The van der Waals surface area contributed by atoms with E-state index in [1.165, 1.54) is 0 Å². The van der Waals surface area contributed by atoms with E-state index in [4.69, 9.17) is 21.8 Å². The van der Waals surface area contributed by atoms with Gasteiger partial charge in [-0.2, -0.15) is 0 Å². The van der Waals surface area contributed by atoms with E-state index in [0.29, 0.717) is 5.56 Å². The van der Waals surface area contributed by atoms with Crippen LogP contribution >= 0.6 is 11.6 Å². The molecule has 4 nitrogen and oxygen atoms in total. The van der Waals surface area contributed by atoms with Crippen LogP contribution in [-0.2, 0) is 0 Å². The van der Waals surface area contributed by atoms with Gasteiger partial charge in [0.05, 0.1) is 12.7 Å². The number of benzene rings is 1. The molecule has 82 valence electrons. The van der Waals surface area contributed by atoms with Crippen LogP contribution in [-0.4, -0.2) is 34.7 Å². The maximum atomic E-state index is 10.7. The predicted molar refractivity (Wildman–Crippen MR) is 58.2 cm³/mol. The van der Waals surface area contributed by atoms with Crippen molar-refractivity contribution >= 4 is 22.5 Å². The fourth-order valence-electron chi connectivity index (χ4n) is 1.02. The first-order chi connectivity index (χ1) is 7.13. The SMILES string of the molecule is O=C(Cl)c1ccc(NCC(O)CO)cc1. The molecule has 0 saturated heterocycles. The predicted octanol–water partition coefficient (Wildman–Crippen LogP) is 0.831. The van der Waals surface area contributed by atoms with Crippen LogP contribution in [0.5, 0.6) is 0 Å². The average molecular weight is 230 g/mol. The number of nitrogens with one attached hydrogen (secondary N) is 1. The van der Waals surface area contributed by atoms with Crippen molar-refractivity contribution in [3.05, 3.63) is 29.8 Å². The molecule has 0 radical (unpaired) electrons. The van der Waals surface area contributed by atoms with Crippen LogP contribution in [0.1, 0.15) is 10.4 Å². The third-order valence-corrected chi connectivity index (χ3v) is 2.08. The quantitative estimate of drug-likeness (QED) is 0.655. The smallest absolute Gasteiger partial charge is 0.252 e. The lowest BCUT2D eigenvalue weighted by Crippen LogP contribution is -2.22. The lowest BCUT2D eigenvalue weighted by Gasteiger charge is -2.09. The van der Waals surface area contributed by atoms with Crippen LogP contribution in [0.15, 0.2) is 24.3 Å². The number of anilines is 1. The van der Waals surface area contributed by atoms with Gasteiger partial charge in [0, 0.05) is 17.8 Å². The number of halogens is 1. The molecule has 0 saturated carbocycles. The maximum Gasteiger partial charge on any atom is 0.252 e. The highest BCUT2D eigenvalue weighted by Gasteiger charge is 2.03. The molecule has 1 aromatic rings. The largest absolute Gasteiger partial charge is 0.394 e. The van der Waals surface area contributed by atoms with E-state index in [1.807, 2.05) is 0 Å². The van der Waals surface area contributed by atoms with Crippen LogP contribution in [0.4, 0.5) is 5.69 Å². The zero-order valence-electron chi connectivity index (χ0n) is 7.98. The molecular weight excluding hydrogens is 218 g/mol. The Morgan fingerprint density at radius 2 is 2.00 bits per heavy atom. The molecule has 0 amide bonds. The summed E-state index contributed by atoms with van der Waals surface area (Å²) in [4.78, 5) is 10.7. The minimum absolute atomic E-state index is 0.255. The average Bonchev–Trinajstić information content (AvgIpc) is 2.26. The highest BCUT2D eigenvalue weighted by atomic mass is 35.5. The fourth-order valence-corrected chi connectivity index (χ4v) is 1.15. The minimum atomic E-state index is -0.792. The third-order valence-electron chi connectivity index (χ3n) is 1.86. The van der Waals surface area contributed by atoms with Crippen molar-refractivity contribution in [2.75, 3.05) is 18.5 Å². The fraction of sp³-hybridized carbons (Fsp3) is 0.300. The zero-order valence-corrected chi connectivity index (χ0v) is 8.74. The Morgan fingerprint density at radius 1 is 1.40 bits per heavy atom. The molecule has 1 rings (SSSR count). The Hall–Kier alpha value is -1.10. The van der Waals surface area contributed by atoms with Gasteiger partial charge < -0.3 is 15.5 Å². The minimum Gasteiger partial charge on any atom is -0.394 e. The number of carbonyl (C=O) groups excluding carboxylic acids is 1. The monoisotopic (exact) mass is 229 g/mol. The van der Waals surface area contributed by atoms with Gasteiger partial charge in [-0.15, -0.1) is 0 Å². The van der Waals surface area contributed by atoms with Crippen molar-refractivity contribution in [3.63, 3.8) is 0 Å².